The molecule has 2 aromatic rings. The highest BCUT2D eigenvalue weighted by Gasteiger charge is 2.07. The summed E-state index contributed by atoms with van der Waals surface area (Å²) in [4.78, 5) is 8.55. The van der Waals surface area contributed by atoms with Gasteiger partial charge in [0.05, 0.1) is 6.61 Å². The third kappa shape index (κ3) is 1.66. The van der Waals surface area contributed by atoms with Crippen LogP contribution in [-0.2, 0) is 6.42 Å². The summed E-state index contributed by atoms with van der Waals surface area (Å²) in [5, 5.41) is 11.8. The van der Waals surface area contributed by atoms with Crippen LogP contribution in [0.15, 0.2) is 0 Å². The van der Waals surface area contributed by atoms with Crippen LogP contribution in [0.1, 0.15) is 17.1 Å². The van der Waals surface area contributed by atoms with Crippen LogP contribution in [0.3, 0.4) is 0 Å². The van der Waals surface area contributed by atoms with Crippen LogP contribution >= 0.6 is 12.2 Å². The van der Waals surface area contributed by atoms with Gasteiger partial charge in [-0.25, -0.2) is 9.50 Å². The van der Waals surface area contributed by atoms with Crippen LogP contribution in [0.25, 0.3) is 5.78 Å². The van der Waals surface area contributed by atoms with E-state index in [0.29, 0.717) is 22.7 Å². The number of aliphatic hydroxyl groups excluding tert-OH is 1. The summed E-state index contributed by atoms with van der Waals surface area (Å²) in [6, 6.07) is 0. The molecule has 2 rings (SSSR count). The van der Waals surface area contributed by atoms with Gasteiger partial charge < -0.3 is 5.11 Å². The minimum atomic E-state index is 0.0606. The van der Waals surface area contributed by atoms with E-state index in [1.54, 1.807) is 4.52 Å². The molecule has 2 aromatic heterocycles. The van der Waals surface area contributed by atoms with Crippen molar-refractivity contribution in [1.82, 2.24) is 19.6 Å². The Labute approximate surface area is 91.8 Å². The van der Waals surface area contributed by atoms with Gasteiger partial charge in [0.1, 0.15) is 10.5 Å². The van der Waals surface area contributed by atoms with E-state index in [1.165, 1.54) is 0 Å². The summed E-state index contributed by atoms with van der Waals surface area (Å²) in [5.74, 6) is 1.26. The fraction of sp³-hybridized carbons (Fsp3) is 0.444. The first-order valence-electron chi connectivity index (χ1n) is 4.69. The Bertz CT molecular complexity index is 557. The lowest BCUT2D eigenvalue weighted by atomic mass is 10.3. The van der Waals surface area contributed by atoms with Gasteiger partial charge in [0.25, 0.3) is 5.78 Å². The molecule has 0 amide bonds. The zero-order valence-corrected chi connectivity index (χ0v) is 9.43. The molecule has 2 heterocycles. The fourth-order valence-corrected chi connectivity index (χ4v) is 1.64. The number of nitrogens with one attached hydrogen (secondary N) is 1. The van der Waals surface area contributed by atoms with E-state index in [1.807, 2.05) is 13.8 Å². The van der Waals surface area contributed by atoms with Gasteiger partial charge in [0.2, 0.25) is 0 Å². The molecule has 0 aliphatic rings. The molecule has 5 nitrogen and oxygen atoms in total. The fourth-order valence-electron chi connectivity index (χ4n) is 1.37. The predicted octanol–water partition coefficient (Wildman–Crippen LogP) is 0.939. The van der Waals surface area contributed by atoms with Crippen LogP contribution < -0.4 is 0 Å². The number of H-pyrrole nitrogens is 1. The van der Waals surface area contributed by atoms with Crippen molar-refractivity contribution in [3.8, 4) is 0 Å². The normalized spacial score (nSPS) is 11.1. The van der Waals surface area contributed by atoms with Crippen LogP contribution in [0.4, 0.5) is 0 Å². The van der Waals surface area contributed by atoms with Gasteiger partial charge in [-0.3, -0.25) is 5.10 Å². The molecular weight excluding hydrogens is 212 g/mol. The van der Waals surface area contributed by atoms with Gasteiger partial charge in [-0.05, 0) is 13.8 Å². The van der Waals surface area contributed by atoms with Crippen LogP contribution in [0.5, 0.6) is 0 Å². The smallest absolute Gasteiger partial charge is 0.252 e. The summed E-state index contributed by atoms with van der Waals surface area (Å²) in [6.45, 7) is 3.90. The lowest BCUT2D eigenvalue weighted by Gasteiger charge is -1.99. The van der Waals surface area contributed by atoms with E-state index in [-0.39, 0.29) is 6.61 Å². The van der Waals surface area contributed by atoms with Crippen molar-refractivity contribution in [1.29, 1.82) is 0 Å². The topological polar surface area (TPSA) is 66.2 Å². The van der Waals surface area contributed by atoms with Crippen molar-refractivity contribution in [2.24, 2.45) is 0 Å². The molecule has 15 heavy (non-hydrogen) atoms. The summed E-state index contributed by atoms with van der Waals surface area (Å²) in [5.41, 5.74) is 1.86. The van der Waals surface area contributed by atoms with Gasteiger partial charge in [0, 0.05) is 17.7 Å². The Morgan fingerprint density at radius 3 is 2.80 bits per heavy atom. The number of aromatic nitrogens is 4. The molecule has 0 fully saturated rings. The molecule has 2 N–H and O–H groups in total. The van der Waals surface area contributed by atoms with Crippen molar-refractivity contribution in [3.63, 3.8) is 0 Å². The molecular formula is C9H12N4OS. The number of nitrogens with zero attached hydrogens (tertiary/aromatic N) is 3. The first-order valence-corrected chi connectivity index (χ1v) is 5.10. The van der Waals surface area contributed by atoms with Crippen molar-refractivity contribution in [3.05, 3.63) is 21.7 Å². The second kappa shape index (κ2) is 3.71. The Morgan fingerprint density at radius 1 is 1.40 bits per heavy atom. The number of aryl methyl sites for hydroxylation is 1. The highest BCUT2D eigenvalue weighted by molar-refractivity contribution is 7.71. The van der Waals surface area contributed by atoms with Gasteiger partial charge in [-0.15, -0.1) is 0 Å². The maximum Gasteiger partial charge on any atom is 0.252 e. The highest BCUT2D eigenvalue weighted by Crippen LogP contribution is 2.08. The first-order chi connectivity index (χ1) is 7.13. The lowest BCUT2D eigenvalue weighted by molar-refractivity contribution is 0.296. The van der Waals surface area contributed by atoms with Gasteiger partial charge in [-0.2, -0.15) is 4.98 Å². The van der Waals surface area contributed by atoms with E-state index >= 15 is 0 Å². The average molecular weight is 224 g/mol. The standard InChI is InChI=1S/C9H12N4OS/c1-5-6(2)10-9-11-7(3-4-14)12-13(9)8(5)15/h14H,3-4H2,1-2H3,(H,10,11,12). The largest absolute Gasteiger partial charge is 0.396 e. The average Bonchev–Trinajstić information content (AvgIpc) is 2.58. The number of aliphatic hydroxyl groups is 1. The lowest BCUT2D eigenvalue weighted by Crippen LogP contribution is -1.99. The Kier molecular flexibility index (Phi) is 2.54. The van der Waals surface area contributed by atoms with Crippen LogP contribution in [-0.4, -0.2) is 31.3 Å². The van der Waals surface area contributed by atoms with Gasteiger partial charge in [0.15, 0.2) is 0 Å². The molecule has 0 bridgehead atoms. The Hall–Kier alpha value is -1.27. The zero-order chi connectivity index (χ0) is 11.0. The number of aromatic amines is 1. The molecule has 0 saturated carbocycles. The van der Waals surface area contributed by atoms with Crippen LogP contribution in [0.2, 0.25) is 0 Å². The third-order valence-electron chi connectivity index (χ3n) is 2.36. The maximum atomic E-state index is 8.81. The van der Waals surface area contributed by atoms with E-state index in [4.69, 9.17) is 17.3 Å². The highest BCUT2D eigenvalue weighted by atomic mass is 32.1. The third-order valence-corrected chi connectivity index (χ3v) is 2.85. The minimum Gasteiger partial charge on any atom is -0.396 e. The van der Waals surface area contributed by atoms with Crippen molar-refractivity contribution in [2.45, 2.75) is 20.3 Å². The molecule has 0 aromatic carbocycles. The molecule has 0 unspecified atom stereocenters. The predicted molar refractivity (Wildman–Crippen MR) is 58.4 cm³/mol. The molecule has 80 valence electrons. The monoisotopic (exact) mass is 224 g/mol. The maximum absolute atomic E-state index is 8.81. The minimum absolute atomic E-state index is 0.0606. The molecule has 0 spiro atoms. The summed E-state index contributed by atoms with van der Waals surface area (Å²) >= 11 is 5.27. The second-order valence-corrected chi connectivity index (χ2v) is 3.79. The van der Waals surface area contributed by atoms with Crippen molar-refractivity contribution in [2.75, 3.05) is 6.61 Å². The Balaban J connectivity index is 2.71. The molecule has 0 saturated heterocycles. The second-order valence-electron chi connectivity index (χ2n) is 3.41. The number of rotatable bonds is 2. The van der Waals surface area contributed by atoms with Gasteiger partial charge in [-0.1, -0.05) is 12.2 Å². The van der Waals surface area contributed by atoms with E-state index < -0.39 is 0 Å². The van der Waals surface area contributed by atoms with Crippen LogP contribution in [0, 0.1) is 18.5 Å². The number of hydrogen-bond acceptors (Lipinski definition) is 4. The van der Waals surface area contributed by atoms with E-state index in [2.05, 4.69) is 15.1 Å². The van der Waals surface area contributed by atoms with Crippen molar-refractivity contribution < 1.29 is 5.11 Å². The quantitative estimate of drug-likeness (QED) is 0.745. The molecule has 0 atom stereocenters. The Morgan fingerprint density at radius 2 is 2.13 bits per heavy atom. The van der Waals surface area contributed by atoms with Crippen molar-refractivity contribution >= 4 is 18.0 Å². The summed E-state index contributed by atoms with van der Waals surface area (Å²) in [7, 11) is 0. The first kappa shape index (κ1) is 10.3. The SMILES string of the molecule is Cc1nc2nc(CCO)[nH]n2c(=S)c1C. The molecule has 6 heteroatoms. The summed E-state index contributed by atoms with van der Waals surface area (Å²) < 4.78 is 2.36. The summed E-state index contributed by atoms with van der Waals surface area (Å²) in [6.07, 6.45) is 0.482. The molecule has 0 radical (unpaired) electrons. The number of fused-ring (bicyclic) bond motifs is 1. The van der Waals surface area contributed by atoms with E-state index in [0.717, 1.165) is 11.3 Å². The van der Waals surface area contributed by atoms with Gasteiger partial charge >= 0.3 is 0 Å². The zero-order valence-electron chi connectivity index (χ0n) is 8.61. The molecule has 0 aliphatic carbocycles. The molecule has 0 aliphatic heterocycles. The van der Waals surface area contributed by atoms with E-state index in [9.17, 15) is 0 Å². The number of hydrogen-bond donors (Lipinski definition) is 2.